The molecule has 6 heteroatoms. The summed E-state index contributed by atoms with van der Waals surface area (Å²) >= 11 is 0. The topological polar surface area (TPSA) is 72.7 Å². The molecule has 0 aliphatic heterocycles. The van der Waals surface area contributed by atoms with E-state index in [0.29, 0.717) is 5.71 Å². The van der Waals surface area contributed by atoms with E-state index in [1.54, 1.807) is 25.4 Å². The maximum absolute atomic E-state index is 12.0. The van der Waals surface area contributed by atoms with E-state index in [2.05, 4.69) is 10.5 Å². The number of benzene rings is 2. The third-order valence-corrected chi connectivity index (χ3v) is 4.03. The molecule has 0 aliphatic rings. The monoisotopic (exact) mass is 349 g/mol. The van der Waals surface area contributed by atoms with E-state index in [9.17, 15) is 9.59 Å². The lowest BCUT2D eigenvalue weighted by atomic mass is 10.0. The van der Waals surface area contributed by atoms with Crippen molar-refractivity contribution in [2.45, 2.75) is 13.5 Å². The average Bonchev–Trinajstić information content (AvgIpc) is 2.67. The molecule has 132 valence electrons. The summed E-state index contributed by atoms with van der Waals surface area (Å²) in [5, 5.41) is 6.26. The Balaban J connectivity index is 1.73. The lowest BCUT2D eigenvalue weighted by Crippen LogP contribution is -2.29. The first kappa shape index (κ1) is 17.4. The van der Waals surface area contributed by atoms with Crippen LogP contribution in [0.5, 0.6) is 5.75 Å². The molecule has 1 heterocycles. The Morgan fingerprint density at radius 2 is 1.88 bits per heavy atom. The Hall–Kier alpha value is -3.41. The summed E-state index contributed by atoms with van der Waals surface area (Å²) in [6, 6.07) is 16.5. The predicted molar refractivity (Wildman–Crippen MR) is 102 cm³/mol. The second kappa shape index (κ2) is 7.65. The van der Waals surface area contributed by atoms with E-state index in [4.69, 9.17) is 4.74 Å². The largest absolute Gasteiger partial charge is 0.497 e. The van der Waals surface area contributed by atoms with E-state index < -0.39 is 0 Å². The van der Waals surface area contributed by atoms with Crippen LogP contribution < -0.4 is 15.7 Å². The van der Waals surface area contributed by atoms with Crippen molar-refractivity contribution in [3.8, 4) is 5.75 Å². The molecule has 0 unspecified atom stereocenters. The number of rotatable bonds is 5. The van der Waals surface area contributed by atoms with Crippen molar-refractivity contribution in [3.63, 3.8) is 0 Å². The zero-order chi connectivity index (χ0) is 18.5. The molecule has 2 aromatic carbocycles. The van der Waals surface area contributed by atoms with Gasteiger partial charge in [0.15, 0.2) is 0 Å². The van der Waals surface area contributed by atoms with Crippen LogP contribution in [0.3, 0.4) is 0 Å². The van der Waals surface area contributed by atoms with Gasteiger partial charge in [0, 0.05) is 12.3 Å². The predicted octanol–water partition coefficient (Wildman–Crippen LogP) is 2.55. The van der Waals surface area contributed by atoms with Crippen molar-refractivity contribution in [1.82, 2.24) is 9.99 Å². The van der Waals surface area contributed by atoms with Crippen molar-refractivity contribution in [2.24, 2.45) is 5.10 Å². The average molecular weight is 349 g/mol. The van der Waals surface area contributed by atoms with E-state index in [0.717, 1.165) is 22.1 Å². The number of nitrogens with zero attached hydrogens (tertiary/aromatic N) is 2. The molecule has 3 aromatic rings. The summed E-state index contributed by atoms with van der Waals surface area (Å²) in [4.78, 5) is 23.6. The molecule has 26 heavy (non-hydrogen) atoms. The van der Waals surface area contributed by atoms with E-state index in [1.165, 1.54) is 10.6 Å². The Kier molecular flexibility index (Phi) is 5.12. The minimum Gasteiger partial charge on any atom is -0.497 e. The van der Waals surface area contributed by atoms with Crippen LogP contribution in [0.15, 0.2) is 70.7 Å². The van der Waals surface area contributed by atoms with Gasteiger partial charge in [-0.2, -0.15) is 5.10 Å². The SMILES string of the molecule is COc1ccc2cc(/C(C)=N\NC(=O)Cn3ccccc3=O)ccc2c1. The first-order chi connectivity index (χ1) is 12.6. The van der Waals surface area contributed by atoms with Gasteiger partial charge in [0.05, 0.1) is 12.8 Å². The number of ether oxygens (including phenoxy) is 1. The van der Waals surface area contributed by atoms with Gasteiger partial charge in [-0.05, 0) is 47.5 Å². The zero-order valence-electron chi connectivity index (χ0n) is 14.6. The Bertz CT molecular complexity index is 1040. The molecule has 0 bridgehead atoms. The molecule has 0 atom stereocenters. The molecule has 6 nitrogen and oxygen atoms in total. The lowest BCUT2D eigenvalue weighted by Gasteiger charge is -2.07. The van der Waals surface area contributed by atoms with E-state index in [-0.39, 0.29) is 18.0 Å². The number of pyridine rings is 1. The molecule has 0 saturated carbocycles. The number of methoxy groups -OCH3 is 1. The highest BCUT2D eigenvalue weighted by Gasteiger charge is 2.05. The second-order valence-corrected chi connectivity index (χ2v) is 5.83. The van der Waals surface area contributed by atoms with Gasteiger partial charge in [-0.1, -0.05) is 24.3 Å². The minimum absolute atomic E-state index is 0.0754. The van der Waals surface area contributed by atoms with Crippen molar-refractivity contribution >= 4 is 22.4 Å². The fourth-order valence-electron chi connectivity index (χ4n) is 2.57. The molecule has 0 saturated heterocycles. The quantitative estimate of drug-likeness (QED) is 0.568. The fourth-order valence-corrected chi connectivity index (χ4v) is 2.57. The first-order valence-corrected chi connectivity index (χ1v) is 8.13. The maximum Gasteiger partial charge on any atom is 0.260 e. The molecule has 0 fully saturated rings. The van der Waals surface area contributed by atoms with Gasteiger partial charge in [-0.15, -0.1) is 0 Å². The second-order valence-electron chi connectivity index (χ2n) is 5.83. The number of hydrogen-bond acceptors (Lipinski definition) is 4. The number of carbonyl (C=O) groups excluding carboxylic acids is 1. The van der Waals surface area contributed by atoms with Gasteiger partial charge < -0.3 is 9.30 Å². The molecule has 1 amide bonds. The smallest absolute Gasteiger partial charge is 0.260 e. The third kappa shape index (κ3) is 3.97. The van der Waals surface area contributed by atoms with E-state index in [1.807, 2.05) is 43.3 Å². The third-order valence-electron chi connectivity index (χ3n) is 4.03. The summed E-state index contributed by atoms with van der Waals surface area (Å²) in [7, 11) is 1.64. The van der Waals surface area contributed by atoms with Crippen molar-refractivity contribution < 1.29 is 9.53 Å². The van der Waals surface area contributed by atoms with Crippen LogP contribution in [-0.4, -0.2) is 23.3 Å². The standard InChI is InChI=1S/C20H19N3O3/c1-14(21-22-19(24)13-23-10-4-3-5-20(23)25)15-6-7-17-12-18(26-2)9-8-16(17)11-15/h3-12H,13H2,1-2H3,(H,22,24)/b21-14-. The molecule has 0 radical (unpaired) electrons. The molecule has 1 aromatic heterocycles. The molecule has 0 spiro atoms. The van der Waals surface area contributed by atoms with Gasteiger partial charge >= 0.3 is 0 Å². The summed E-state index contributed by atoms with van der Waals surface area (Å²) < 4.78 is 6.55. The van der Waals surface area contributed by atoms with Crippen LogP contribution in [0.1, 0.15) is 12.5 Å². The molecule has 0 aliphatic carbocycles. The summed E-state index contributed by atoms with van der Waals surface area (Å²) in [6.45, 7) is 1.74. The highest BCUT2D eigenvalue weighted by molar-refractivity contribution is 6.02. The maximum atomic E-state index is 12.0. The fraction of sp³-hybridized carbons (Fsp3) is 0.150. The van der Waals surface area contributed by atoms with Crippen LogP contribution in [0, 0.1) is 0 Å². The van der Waals surface area contributed by atoms with Gasteiger partial charge in [-0.3, -0.25) is 9.59 Å². The number of nitrogens with one attached hydrogen (secondary N) is 1. The molecule has 1 N–H and O–H groups in total. The van der Waals surface area contributed by atoms with Gasteiger partial charge in [0.1, 0.15) is 12.3 Å². The van der Waals surface area contributed by atoms with Gasteiger partial charge in [0.2, 0.25) is 0 Å². The molecular weight excluding hydrogens is 330 g/mol. The van der Waals surface area contributed by atoms with Gasteiger partial charge in [0.25, 0.3) is 11.5 Å². The van der Waals surface area contributed by atoms with Crippen molar-refractivity contribution in [1.29, 1.82) is 0 Å². The highest BCUT2D eigenvalue weighted by atomic mass is 16.5. The zero-order valence-corrected chi connectivity index (χ0v) is 14.6. The van der Waals surface area contributed by atoms with E-state index >= 15 is 0 Å². The minimum atomic E-state index is -0.358. The van der Waals surface area contributed by atoms with Crippen LogP contribution >= 0.6 is 0 Å². The van der Waals surface area contributed by atoms with Gasteiger partial charge in [-0.25, -0.2) is 5.43 Å². The summed E-state index contributed by atoms with van der Waals surface area (Å²) in [6.07, 6.45) is 1.57. The molecule has 3 rings (SSSR count). The van der Waals surface area contributed by atoms with Crippen LogP contribution in [0.25, 0.3) is 10.8 Å². The highest BCUT2D eigenvalue weighted by Crippen LogP contribution is 2.22. The summed E-state index contributed by atoms with van der Waals surface area (Å²) in [5.74, 6) is 0.447. The Morgan fingerprint density at radius 1 is 1.12 bits per heavy atom. The Morgan fingerprint density at radius 3 is 2.65 bits per heavy atom. The van der Waals surface area contributed by atoms with Crippen LogP contribution in [0.4, 0.5) is 0 Å². The number of hydrogen-bond donors (Lipinski definition) is 1. The van der Waals surface area contributed by atoms with Crippen molar-refractivity contribution in [3.05, 3.63) is 76.7 Å². The summed E-state index contributed by atoms with van der Waals surface area (Å²) in [5.41, 5.74) is 3.84. The first-order valence-electron chi connectivity index (χ1n) is 8.13. The number of hydrazone groups is 1. The number of fused-ring (bicyclic) bond motifs is 1. The normalized spacial score (nSPS) is 11.4. The number of carbonyl (C=O) groups is 1. The van der Waals surface area contributed by atoms with Crippen LogP contribution in [-0.2, 0) is 11.3 Å². The lowest BCUT2D eigenvalue weighted by molar-refractivity contribution is -0.121. The number of amides is 1. The number of aromatic nitrogens is 1. The van der Waals surface area contributed by atoms with Crippen molar-refractivity contribution in [2.75, 3.05) is 7.11 Å². The molecular formula is C20H19N3O3. The van der Waals surface area contributed by atoms with Crippen LogP contribution in [0.2, 0.25) is 0 Å². The Labute approximate surface area is 150 Å².